The number of likely N-dealkylation sites (tertiary alicyclic amines) is 1. The normalized spacial score (nSPS) is 18.3. The Hall–Kier alpha value is -1.13. The molecule has 1 aliphatic rings. The molecule has 1 aliphatic heterocycles. The van der Waals surface area contributed by atoms with E-state index in [1.807, 2.05) is 12.1 Å². The van der Waals surface area contributed by atoms with E-state index < -0.39 is 9.84 Å². The van der Waals surface area contributed by atoms with Crippen molar-refractivity contribution in [3.63, 3.8) is 0 Å². The van der Waals surface area contributed by atoms with Crippen molar-refractivity contribution in [1.29, 1.82) is 0 Å². The van der Waals surface area contributed by atoms with E-state index in [0.29, 0.717) is 10.9 Å². The van der Waals surface area contributed by atoms with E-state index in [1.54, 1.807) is 12.1 Å². The summed E-state index contributed by atoms with van der Waals surface area (Å²) < 4.78 is 23.5. The van der Waals surface area contributed by atoms with Gasteiger partial charge in [-0.25, -0.2) is 8.42 Å². The van der Waals surface area contributed by atoms with E-state index in [4.69, 9.17) is 0 Å². The molecule has 0 N–H and O–H groups in total. The number of hydrogen-bond donors (Lipinski definition) is 0. The molecule has 0 aliphatic carbocycles. The van der Waals surface area contributed by atoms with Crippen LogP contribution < -0.4 is 0 Å². The Bertz CT molecular complexity index is 763. The van der Waals surface area contributed by atoms with Crippen LogP contribution in [0.2, 0.25) is 0 Å². The highest BCUT2D eigenvalue weighted by atomic mass is 32.2. The molecule has 1 atom stereocenters. The maximum atomic E-state index is 11.8. The van der Waals surface area contributed by atoms with Crippen molar-refractivity contribution in [3.05, 3.63) is 41.5 Å². The fourth-order valence-corrected chi connectivity index (χ4v) is 5.02. The second-order valence-electron chi connectivity index (χ2n) is 9.81. The number of hydrogen-bond acceptors (Lipinski definition) is 3. The zero-order valence-electron chi connectivity index (χ0n) is 18.8. The minimum atomic E-state index is -3.15. The average molecular weight is 406 g/mol. The first-order valence-electron chi connectivity index (χ1n) is 10.6. The Kier molecular flexibility index (Phi) is 7.55. The van der Waals surface area contributed by atoms with Crippen LogP contribution in [0, 0.1) is 11.8 Å². The molecule has 1 fully saturated rings. The van der Waals surface area contributed by atoms with Crippen LogP contribution in [0.1, 0.15) is 66.4 Å². The van der Waals surface area contributed by atoms with Gasteiger partial charge in [-0.05, 0) is 81.1 Å². The van der Waals surface area contributed by atoms with E-state index in [-0.39, 0.29) is 5.41 Å². The predicted molar refractivity (Wildman–Crippen MR) is 120 cm³/mol. The molecule has 0 spiro atoms. The molecule has 1 saturated heterocycles. The Labute approximate surface area is 173 Å². The minimum absolute atomic E-state index is 0.0262. The van der Waals surface area contributed by atoms with E-state index in [2.05, 4.69) is 52.5 Å². The largest absolute Gasteiger partial charge is 0.297 e. The maximum absolute atomic E-state index is 11.8. The summed E-state index contributed by atoms with van der Waals surface area (Å²) in [4.78, 5) is 3.04. The third-order valence-electron chi connectivity index (χ3n) is 6.30. The molecule has 1 aromatic rings. The summed E-state index contributed by atoms with van der Waals surface area (Å²) in [7, 11) is -3.15. The Morgan fingerprint density at radius 1 is 1.14 bits per heavy atom. The van der Waals surface area contributed by atoms with E-state index in [0.717, 1.165) is 18.3 Å². The summed E-state index contributed by atoms with van der Waals surface area (Å²) in [6.45, 7) is 15.9. The lowest BCUT2D eigenvalue weighted by molar-refractivity contribution is 0.119. The van der Waals surface area contributed by atoms with E-state index in [9.17, 15) is 8.42 Å². The molecule has 0 saturated carbocycles. The number of rotatable bonds is 7. The van der Waals surface area contributed by atoms with Gasteiger partial charge in [0.25, 0.3) is 0 Å². The van der Waals surface area contributed by atoms with Crippen LogP contribution in [0.15, 0.2) is 40.8 Å². The highest BCUT2D eigenvalue weighted by Gasteiger charge is 2.31. The quantitative estimate of drug-likeness (QED) is 0.565. The first-order chi connectivity index (χ1) is 12.9. The maximum Gasteiger partial charge on any atom is 0.175 e. The third kappa shape index (κ3) is 6.18. The smallest absolute Gasteiger partial charge is 0.175 e. The van der Waals surface area contributed by atoms with Gasteiger partial charge in [0.1, 0.15) is 0 Å². The van der Waals surface area contributed by atoms with Crippen molar-refractivity contribution in [2.45, 2.75) is 77.2 Å². The topological polar surface area (TPSA) is 37.4 Å². The van der Waals surface area contributed by atoms with Gasteiger partial charge >= 0.3 is 0 Å². The number of sulfone groups is 1. The highest BCUT2D eigenvalue weighted by Crippen LogP contribution is 2.34. The summed E-state index contributed by atoms with van der Waals surface area (Å²) in [5, 5.41) is 0. The second kappa shape index (κ2) is 9.13. The van der Waals surface area contributed by atoms with Crippen LogP contribution >= 0.6 is 0 Å². The number of benzene rings is 1. The van der Waals surface area contributed by atoms with Crippen molar-refractivity contribution < 1.29 is 8.42 Å². The van der Waals surface area contributed by atoms with Gasteiger partial charge < -0.3 is 0 Å². The molecule has 3 nitrogen and oxygen atoms in total. The Morgan fingerprint density at radius 2 is 1.68 bits per heavy atom. The van der Waals surface area contributed by atoms with Gasteiger partial charge in [0.05, 0.1) is 4.90 Å². The lowest BCUT2D eigenvalue weighted by atomic mass is 9.77. The van der Waals surface area contributed by atoms with Crippen molar-refractivity contribution in [2.24, 2.45) is 11.8 Å². The van der Waals surface area contributed by atoms with Gasteiger partial charge in [0, 0.05) is 12.3 Å². The minimum Gasteiger partial charge on any atom is -0.297 e. The van der Waals surface area contributed by atoms with Crippen molar-refractivity contribution in [1.82, 2.24) is 4.90 Å². The molecule has 0 radical (unpaired) electrons. The third-order valence-corrected chi connectivity index (χ3v) is 7.42. The molecule has 4 heteroatoms. The average Bonchev–Trinajstić information content (AvgIpc) is 2.60. The van der Waals surface area contributed by atoms with E-state index >= 15 is 0 Å². The molecule has 1 unspecified atom stereocenters. The van der Waals surface area contributed by atoms with Gasteiger partial charge in [-0.3, -0.25) is 4.90 Å². The summed E-state index contributed by atoms with van der Waals surface area (Å²) >= 11 is 0. The van der Waals surface area contributed by atoms with Crippen LogP contribution in [0.5, 0.6) is 0 Å². The molecule has 158 valence electrons. The highest BCUT2D eigenvalue weighted by molar-refractivity contribution is 7.90. The monoisotopic (exact) mass is 405 g/mol. The lowest BCUT2D eigenvalue weighted by Gasteiger charge is -2.41. The zero-order valence-corrected chi connectivity index (χ0v) is 19.6. The van der Waals surface area contributed by atoms with Crippen molar-refractivity contribution in [3.8, 4) is 0 Å². The SMILES string of the molecule is CC(C)=CC(CC(C)(C)c1ccc(S(C)(=O)=O)cc1)N1CCC(C(C)C)CC1. The number of allylic oxidation sites excluding steroid dienone is 1. The fourth-order valence-electron chi connectivity index (χ4n) is 4.39. The van der Waals surface area contributed by atoms with Crippen LogP contribution in [-0.4, -0.2) is 38.7 Å². The van der Waals surface area contributed by atoms with E-state index in [1.165, 1.54) is 43.3 Å². The van der Waals surface area contributed by atoms with Crippen molar-refractivity contribution >= 4 is 9.84 Å². The molecule has 2 rings (SSSR count). The standard InChI is InChI=1S/C24H39NO2S/c1-18(2)16-22(25-14-12-20(13-15-25)19(3)4)17-24(5,6)21-8-10-23(11-9-21)28(7,26)27/h8-11,16,19-20,22H,12-15,17H2,1-7H3. The molecule has 0 bridgehead atoms. The Balaban J connectivity index is 2.18. The number of nitrogens with zero attached hydrogens (tertiary/aromatic N) is 1. The first-order valence-corrected chi connectivity index (χ1v) is 12.5. The van der Waals surface area contributed by atoms with Crippen LogP contribution in [-0.2, 0) is 15.3 Å². The van der Waals surface area contributed by atoms with Gasteiger partial charge in [0.2, 0.25) is 0 Å². The summed E-state index contributed by atoms with van der Waals surface area (Å²) in [5.41, 5.74) is 2.53. The molecule has 0 aromatic heterocycles. The Morgan fingerprint density at radius 3 is 2.11 bits per heavy atom. The molecule has 1 heterocycles. The van der Waals surface area contributed by atoms with Gasteiger partial charge in [-0.2, -0.15) is 0 Å². The molecule has 0 amide bonds. The fraction of sp³-hybridized carbons (Fsp3) is 0.667. The molecule has 1 aromatic carbocycles. The summed E-state index contributed by atoms with van der Waals surface area (Å²) in [6, 6.07) is 7.89. The predicted octanol–water partition coefficient (Wildman–Crippen LogP) is 5.46. The van der Waals surface area contributed by atoms with Gasteiger partial charge in [-0.15, -0.1) is 0 Å². The zero-order chi connectivity index (χ0) is 21.1. The summed E-state index contributed by atoms with van der Waals surface area (Å²) in [5.74, 6) is 1.62. The second-order valence-corrected chi connectivity index (χ2v) is 11.8. The first kappa shape index (κ1) is 23.2. The lowest BCUT2D eigenvalue weighted by Crippen LogP contribution is -2.44. The van der Waals surface area contributed by atoms with Crippen molar-refractivity contribution in [2.75, 3.05) is 19.3 Å². The van der Waals surface area contributed by atoms with Gasteiger partial charge in [0.15, 0.2) is 9.84 Å². The van der Waals surface area contributed by atoms with Gasteiger partial charge in [-0.1, -0.05) is 51.5 Å². The van der Waals surface area contributed by atoms with Crippen LogP contribution in [0.3, 0.4) is 0 Å². The summed E-state index contributed by atoms with van der Waals surface area (Å²) in [6.07, 6.45) is 7.28. The molecular formula is C24H39NO2S. The van der Waals surface area contributed by atoms with Crippen LogP contribution in [0.25, 0.3) is 0 Å². The molecule has 28 heavy (non-hydrogen) atoms. The molecular weight excluding hydrogens is 366 g/mol. The van der Waals surface area contributed by atoms with Crippen LogP contribution in [0.4, 0.5) is 0 Å². The number of piperidine rings is 1.